The van der Waals surface area contributed by atoms with Gasteiger partial charge in [-0.1, -0.05) is 60.7 Å². The first-order valence-electron chi connectivity index (χ1n) is 9.61. The minimum Gasteiger partial charge on any atom is -0.344 e. The lowest BCUT2D eigenvalue weighted by atomic mass is 9.96. The molecule has 0 amide bonds. The summed E-state index contributed by atoms with van der Waals surface area (Å²) in [5.41, 5.74) is 2.64. The van der Waals surface area contributed by atoms with Crippen molar-refractivity contribution in [3.8, 4) is 0 Å². The predicted molar refractivity (Wildman–Crippen MR) is 113 cm³/mol. The molecule has 2 aromatic carbocycles. The Balaban J connectivity index is 1.49. The first-order valence-corrected chi connectivity index (χ1v) is 10.4. The van der Waals surface area contributed by atoms with Crippen LogP contribution in [0, 0.1) is 0 Å². The van der Waals surface area contributed by atoms with Crippen LogP contribution in [0.5, 0.6) is 0 Å². The molecule has 1 aliphatic rings. The summed E-state index contributed by atoms with van der Waals surface area (Å²) in [6.45, 7) is 5.30. The van der Waals surface area contributed by atoms with Crippen LogP contribution in [0.1, 0.15) is 29.9 Å². The van der Waals surface area contributed by atoms with Gasteiger partial charge in [-0.2, -0.15) is 4.37 Å². The summed E-state index contributed by atoms with van der Waals surface area (Å²) in [5.74, 6) is 0.740. The molecule has 0 unspecified atom stereocenters. The molecule has 5 nitrogen and oxygen atoms in total. The standard InChI is InChI=1S/C22H24N4OS/c1-17(27)16-20-23-22(28-24-20)26-14-12-25(13-15-26)21(18-8-4-2-5-9-18)19-10-6-3-7-11-19/h2-11,21H,12-16H2,1H3. The topological polar surface area (TPSA) is 49.3 Å². The van der Waals surface area contributed by atoms with Crippen LogP contribution >= 0.6 is 11.5 Å². The molecule has 28 heavy (non-hydrogen) atoms. The van der Waals surface area contributed by atoms with Crippen LogP contribution in [0.4, 0.5) is 5.13 Å². The monoisotopic (exact) mass is 392 g/mol. The maximum Gasteiger partial charge on any atom is 0.205 e. The maximum atomic E-state index is 11.3. The molecule has 0 radical (unpaired) electrons. The SMILES string of the molecule is CC(=O)Cc1nsc(N2CCN(C(c3ccccc3)c3ccccc3)CC2)n1. The second-order valence-electron chi connectivity index (χ2n) is 7.12. The average Bonchev–Trinajstić information content (AvgIpc) is 3.18. The molecule has 0 N–H and O–H groups in total. The van der Waals surface area contributed by atoms with Gasteiger partial charge in [0.2, 0.25) is 5.13 Å². The third-order valence-electron chi connectivity index (χ3n) is 5.04. The fourth-order valence-corrected chi connectivity index (χ4v) is 4.46. The molecule has 1 aromatic heterocycles. The van der Waals surface area contributed by atoms with E-state index in [4.69, 9.17) is 0 Å². The summed E-state index contributed by atoms with van der Waals surface area (Å²) >= 11 is 1.39. The molecule has 3 aromatic rings. The Hall–Kier alpha value is -2.57. The number of Topliss-reactive ketones (excluding diaryl/α,β-unsaturated/α-hetero) is 1. The van der Waals surface area contributed by atoms with Crippen molar-refractivity contribution in [1.82, 2.24) is 14.3 Å². The van der Waals surface area contributed by atoms with E-state index in [1.165, 1.54) is 22.7 Å². The highest BCUT2D eigenvalue weighted by Gasteiger charge is 2.27. The lowest BCUT2D eigenvalue weighted by Gasteiger charge is -2.39. The van der Waals surface area contributed by atoms with Gasteiger partial charge >= 0.3 is 0 Å². The fourth-order valence-electron chi connectivity index (χ4n) is 3.72. The van der Waals surface area contributed by atoms with Crippen LogP contribution in [0.2, 0.25) is 0 Å². The Morgan fingerprint density at radius 2 is 1.54 bits per heavy atom. The van der Waals surface area contributed by atoms with Gasteiger partial charge in [0, 0.05) is 37.7 Å². The summed E-state index contributed by atoms with van der Waals surface area (Å²) in [6.07, 6.45) is 0.320. The molecule has 144 valence electrons. The predicted octanol–water partition coefficient (Wildman–Crippen LogP) is 3.58. The lowest BCUT2D eigenvalue weighted by molar-refractivity contribution is -0.116. The number of carbonyl (C=O) groups is 1. The molecule has 0 atom stereocenters. The number of piperazine rings is 1. The molecular weight excluding hydrogens is 368 g/mol. The van der Waals surface area contributed by atoms with Gasteiger partial charge in [-0.15, -0.1) is 0 Å². The Morgan fingerprint density at radius 1 is 0.964 bits per heavy atom. The summed E-state index contributed by atoms with van der Waals surface area (Å²) in [4.78, 5) is 20.7. The summed E-state index contributed by atoms with van der Waals surface area (Å²) in [7, 11) is 0. The molecule has 0 spiro atoms. The number of ketones is 1. The van der Waals surface area contributed by atoms with Crippen LogP contribution in [0.15, 0.2) is 60.7 Å². The van der Waals surface area contributed by atoms with Gasteiger partial charge in [0.25, 0.3) is 0 Å². The first-order chi connectivity index (χ1) is 13.7. The fraction of sp³-hybridized carbons (Fsp3) is 0.318. The van der Waals surface area contributed by atoms with Crippen LogP contribution in [0.25, 0.3) is 0 Å². The van der Waals surface area contributed by atoms with E-state index < -0.39 is 0 Å². The molecule has 0 bridgehead atoms. The Labute approximate surface area is 169 Å². The number of hydrogen-bond donors (Lipinski definition) is 0. The molecule has 0 aliphatic carbocycles. The molecule has 2 heterocycles. The summed E-state index contributed by atoms with van der Waals surface area (Å²) in [6, 6.07) is 21.7. The Bertz CT molecular complexity index is 865. The Kier molecular flexibility index (Phi) is 5.78. The normalized spacial score (nSPS) is 15.1. The molecule has 1 fully saturated rings. The van der Waals surface area contributed by atoms with Crippen molar-refractivity contribution in [2.45, 2.75) is 19.4 Å². The zero-order chi connectivity index (χ0) is 19.3. The molecule has 0 saturated carbocycles. The van der Waals surface area contributed by atoms with Crippen molar-refractivity contribution < 1.29 is 4.79 Å². The van der Waals surface area contributed by atoms with Gasteiger partial charge in [-0.3, -0.25) is 9.69 Å². The average molecular weight is 393 g/mol. The van der Waals surface area contributed by atoms with Crippen molar-refractivity contribution in [2.75, 3.05) is 31.1 Å². The molecule has 4 rings (SSSR count). The number of aromatic nitrogens is 2. The second kappa shape index (κ2) is 8.63. The molecule has 1 aliphatic heterocycles. The molecular formula is C22H24N4OS. The number of hydrogen-bond acceptors (Lipinski definition) is 6. The summed E-state index contributed by atoms with van der Waals surface area (Å²) in [5, 5.41) is 0.923. The van der Waals surface area contributed by atoms with Crippen molar-refractivity contribution in [3.63, 3.8) is 0 Å². The minimum absolute atomic E-state index is 0.0998. The van der Waals surface area contributed by atoms with Crippen LogP contribution < -0.4 is 4.90 Å². The smallest absolute Gasteiger partial charge is 0.205 e. The van der Waals surface area contributed by atoms with Crippen LogP contribution in [-0.4, -0.2) is 46.2 Å². The molecule has 1 saturated heterocycles. The number of anilines is 1. The highest BCUT2D eigenvalue weighted by atomic mass is 32.1. The van der Waals surface area contributed by atoms with Crippen molar-refractivity contribution >= 4 is 22.4 Å². The lowest BCUT2D eigenvalue weighted by Crippen LogP contribution is -2.48. The van der Waals surface area contributed by atoms with Gasteiger partial charge in [0.05, 0.1) is 12.5 Å². The van der Waals surface area contributed by atoms with Crippen molar-refractivity contribution in [3.05, 3.63) is 77.6 Å². The van der Waals surface area contributed by atoms with Gasteiger partial charge in [0.15, 0.2) is 5.82 Å². The minimum atomic E-state index is 0.0998. The second-order valence-corrected chi connectivity index (χ2v) is 7.85. The van der Waals surface area contributed by atoms with E-state index in [1.54, 1.807) is 6.92 Å². The molecule has 6 heteroatoms. The van der Waals surface area contributed by atoms with E-state index in [9.17, 15) is 4.79 Å². The van der Waals surface area contributed by atoms with E-state index >= 15 is 0 Å². The maximum absolute atomic E-state index is 11.3. The van der Waals surface area contributed by atoms with Gasteiger partial charge in [-0.25, -0.2) is 4.98 Å². The van der Waals surface area contributed by atoms with E-state index in [1.807, 2.05) is 0 Å². The van der Waals surface area contributed by atoms with E-state index in [2.05, 4.69) is 79.8 Å². The first kappa shape index (κ1) is 18.8. The largest absolute Gasteiger partial charge is 0.344 e. The number of benzene rings is 2. The van der Waals surface area contributed by atoms with Gasteiger partial charge in [0.1, 0.15) is 5.78 Å². The number of rotatable bonds is 6. The third-order valence-corrected chi connectivity index (χ3v) is 5.86. The van der Waals surface area contributed by atoms with Gasteiger partial charge < -0.3 is 4.90 Å². The Morgan fingerprint density at radius 3 is 2.07 bits per heavy atom. The highest BCUT2D eigenvalue weighted by Crippen LogP contribution is 2.30. The van der Waals surface area contributed by atoms with Crippen LogP contribution in [-0.2, 0) is 11.2 Å². The highest BCUT2D eigenvalue weighted by molar-refractivity contribution is 7.09. The number of nitrogens with zero attached hydrogens (tertiary/aromatic N) is 4. The van der Waals surface area contributed by atoms with Crippen molar-refractivity contribution in [2.24, 2.45) is 0 Å². The van der Waals surface area contributed by atoms with E-state index in [0.29, 0.717) is 12.2 Å². The van der Waals surface area contributed by atoms with Gasteiger partial charge in [-0.05, 0) is 18.1 Å². The zero-order valence-electron chi connectivity index (χ0n) is 16.0. The quantitative estimate of drug-likeness (QED) is 0.642. The van der Waals surface area contributed by atoms with Crippen molar-refractivity contribution in [1.29, 1.82) is 0 Å². The van der Waals surface area contributed by atoms with E-state index in [-0.39, 0.29) is 11.8 Å². The van der Waals surface area contributed by atoms with E-state index in [0.717, 1.165) is 31.3 Å². The summed E-state index contributed by atoms with van der Waals surface area (Å²) < 4.78 is 4.34. The third kappa shape index (κ3) is 4.29. The van der Waals surface area contributed by atoms with Crippen LogP contribution in [0.3, 0.4) is 0 Å². The zero-order valence-corrected chi connectivity index (χ0v) is 16.8. The number of carbonyl (C=O) groups excluding carboxylic acids is 1.